The first-order valence-electron chi connectivity index (χ1n) is 11.6. The molecule has 0 saturated heterocycles. The van der Waals surface area contributed by atoms with Gasteiger partial charge in [-0.05, 0) is 57.9 Å². The minimum absolute atomic E-state index is 0.165. The van der Waals surface area contributed by atoms with Crippen LogP contribution in [0.15, 0.2) is 54.1 Å². The Hall–Kier alpha value is -2.69. The van der Waals surface area contributed by atoms with Crippen LogP contribution in [0.3, 0.4) is 0 Å². The molecule has 0 amide bonds. The molecule has 0 heterocycles. The summed E-state index contributed by atoms with van der Waals surface area (Å²) in [5, 5.41) is 19.5. The second kappa shape index (κ2) is 11.8. The predicted molar refractivity (Wildman–Crippen MR) is 126 cm³/mol. The van der Waals surface area contributed by atoms with Gasteiger partial charge in [-0.1, -0.05) is 67.0 Å². The van der Waals surface area contributed by atoms with Crippen LogP contribution in [0.4, 0.5) is 0 Å². The van der Waals surface area contributed by atoms with Crippen molar-refractivity contribution < 1.29 is 24.6 Å². The summed E-state index contributed by atoms with van der Waals surface area (Å²) in [7, 11) is 0. The number of allylic oxidation sites excluding steroid dienone is 3. The van der Waals surface area contributed by atoms with Crippen LogP contribution >= 0.6 is 0 Å². The maximum absolute atomic E-state index is 12.3. The fraction of sp³-hybridized carbons (Fsp3) is 0.519. The van der Waals surface area contributed by atoms with Gasteiger partial charge in [0.25, 0.3) is 0 Å². The van der Waals surface area contributed by atoms with Crippen LogP contribution in [-0.2, 0) is 19.8 Å². The normalized spacial score (nSPS) is 17.1. The summed E-state index contributed by atoms with van der Waals surface area (Å²) >= 11 is 0. The number of aliphatic carboxylic acids is 2. The Balaban J connectivity index is 1.73. The van der Waals surface area contributed by atoms with E-state index < -0.39 is 22.8 Å². The van der Waals surface area contributed by atoms with E-state index in [4.69, 9.17) is 0 Å². The molecule has 1 aliphatic carbocycles. The van der Waals surface area contributed by atoms with E-state index in [1.165, 1.54) is 0 Å². The quantitative estimate of drug-likeness (QED) is 0.342. The van der Waals surface area contributed by atoms with Gasteiger partial charge in [-0.2, -0.15) is 0 Å². The summed E-state index contributed by atoms with van der Waals surface area (Å²) in [5.74, 6) is -1.48. The van der Waals surface area contributed by atoms with E-state index in [9.17, 15) is 24.6 Å². The van der Waals surface area contributed by atoms with Gasteiger partial charge >= 0.3 is 11.9 Å². The average molecular weight is 441 g/mol. The van der Waals surface area contributed by atoms with Crippen molar-refractivity contribution >= 4 is 17.7 Å². The third-order valence-corrected chi connectivity index (χ3v) is 6.84. The van der Waals surface area contributed by atoms with Gasteiger partial charge < -0.3 is 10.2 Å². The maximum Gasteiger partial charge on any atom is 0.313 e. The summed E-state index contributed by atoms with van der Waals surface area (Å²) in [6, 6.07) is 9.23. The number of carbonyl (C=O) groups excluding carboxylic acids is 1. The minimum Gasteiger partial charge on any atom is -0.481 e. The van der Waals surface area contributed by atoms with E-state index in [-0.39, 0.29) is 5.78 Å². The number of ketones is 1. The molecule has 0 saturated carbocycles. The summed E-state index contributed by atoms with van der Waals surface area (Å²) in [6.07, 6.45) is 12.2. The molecule has 0 radical (unpaired) electrons. The lowest BCUT2D eigenvalue weighted by molar-refractivity contribution is -0.146. The number of carboxylic acids is 2. The number of Topliss-reactive ketones (excluding diaryl/α,β-unsaturated/α-hetero) is 1. The SMILES string of the molecule is CC(CCCCC(=O)CCCCC(C)(C(=O)O)c1ccccc1)(C(=O)O)C1=CC=CCC1. The zero-order valence-electron chi connectivity index (χ0n) is 19.3. The van der Waals surface area contributed by atoms with E-state index >= 15 is 0 Å². The third-order valence-electron chi connectivity index (χ3n) is 6.84. The highest BCUT2D eigenvalue weighted by atomic mass is 16.4. The molecule has 0 aliphatic heterocycles. The second-order valence-corrected chi connectivity index (χ2v) is 9.25. The molecule has 174 valence electrons. The Kier molecular flexibility index (Phi) is 9.42. The number of carbonyl (C=O) groups is 3. The van der Waals surface area contributed by atoms with Gasteiger partial charge in [0, 0.05) is 12.8 Å². The molecule has 0 bridgehead atoms. The first kappa shape index (κ1) is 25.6. The standard InChI is InChI=1S/C27H36O5/c1-26(24(29)30,21-13-5-3-6-14-21)19-11-9-17-23(28)18-10-12-20-27(2,25(31)32)22-15-7-4-8-16-22/h3-7,13-15H,8-12,16-20H2,1-2H3,(H,29,30)(H,31,32). The van der Waals surface area contributed by atoms with Crippen molar-refractivity contribution in [3.05, 3.63) is 59.7 Å². The van der Waals surface area contributed by atoms with Crippen molar-refractivity contribution in [2.75, 3.05) is 0 Å². The Morgan fingerprint density at radius 3 is 1.91 bits per heavy atom. The number of hydrogen-bond acceptors (Lipinski definition) is 3. The molecule has 32 heavy (non-hydrogen) atoms. The van der Waals surface area contributed by atoms with Crippen molar-refractivity contribution in [1.82, 2.24) is 0 Å². The monoisotopic (exact) mass is 440 g/mol. The zero-order valence-corrected chi connectivity index (χ0v) is 19.3. The largest absolute Gasteiger partial charge is 0.481 e. The van der Waals surface area contributed by atoms with Crippen molar-refractivity contribution in [2.45, 2.75) is 83.5 Å². The van der Waals surface area contributed by atoms with Crippen molar-refractivity contribution in [1.29, 1.82) is 0 Å². The highest BCUT2D eigenvalue weighted by Crippen LogP contribution is 2.37. The Morgan fingerprint density at radius 2 is 1.41 bits per heavy atom. The molecule has 2 unspecified atom stereocenters. The summed E-state index contributed by atoms with van der Waals surface area (Å²) in [6.45, 7) is 3.53. The van der Waals surface area contributed by atoms with Crippen molar-refractivity contribution in [3.63, 3.8) is 0 Å². The third kappa shape index (κ3) is 6.65. The Bertz CT molecular complexity index is 854. The van der Waals surface area contributed by atoms with Gasteiger partial charge in [0.1, 0.15) is 5.78 Å². The molecule has 5 heteroatoms. The van der Waals surface area contributed by atoms with Gasteiger partial charge in [-0.25, -0.2) is 0 Å². The molecule has 1 aliphatic rings. The molecular formula is C27H36O5. The maximum atomic E-state index is 12.3. The van der Waals surface area contributed by atoms with Crippen molar-refractivity contribution in [2.24, 2.45) is 5.41 Å². The number of hydrogen-bond donors (Lipinski definition) is 2. The highest BCUT2D eigenvalue weighted by molar-refractivity contribution is 5.81. The fourth-order valence-corrected chi connectivity index (χ4v) is 4.37. The van der Waals surface area contributed by atoms with Gasteiger partial charge in [-0.3, -0.25) is 14.4 Å². The molecule has 2 atom stereocenters. The van der Waals surface area contributed by atoms with Crippen LogP contribution in [0.1, 0.15) is 83.6 Å². The molecule has 0 spiro atoms. The number of unbranched alkanes of at least 4 members (excludes halogenated alkanes) is 2. The Morgan fingerprint density at radius 1 is 0.844 bits per heavy atom. The van der Waals surface area contributed by atoms with Crippen LogP contribution in [0, 0.1) is 5.41 Å². The number of benzene rings is 1. The number of carboxylic acid groups (broad SMARTS) is 2. The van der Waals surface area contributed by atoms with E-state index in [0.29, 0.717) is 51.4 Å². The zero-order chi connectivity index (χ0) is 23.6. The van der Waals surface area contributed by atoms with Crippen LogP contribution in [0.5, 0.6) is 0 Å². The smallest absolute Gasteiger partial charge is 0.313 e. The molecule has 2 N–H and O–H groups in total. The summed E-state index contributed by atoms with van der Waals surface area (Å²) in [5.41, 5.74) is -0.0798. The lowest BCUT2D eigenvalue weighted by Gasteiger charge is -2.29. The number of rotatable bonds is 14. The van der Waals surface area contributed by atoms with Gasteiger partial charge in [0.2, 0.25) is 0 Å². The molecule has 0 aromatic heterocycles. The minimum atomic E-state index is -0.950. The van der Waals surface area contributed by atoms with Gasteiger partial charge in [0.05, 0.1) is 10.8 Å². The highest BCUT2D eigenvalue weighted by Gasteiger charge is 2.36. The lowest BCUT2D eigenvalue weighted by Crippen LogP contribution is -2.32. The molecule has 5 nitrogen and oxygen atoms in total. The first-order valence-corrected chi connectivity index (χ1v) is 11.6. The molecule has 1 aromatic rings. The lowest BCUT2D eigenvalue weighted by atomic mass is 9.74. The van der Waals surface area contributed by atoms with Crippen LogP contribution in [0.25, 0.3) is 0 Å². The van der Waals surface area contributed by atoms with E-state index in [1.807, 2.05) is 48.6 Å². The van der Waals surface area contributed by atoms with Crippen molar-refractivity contribution in [3.8, 4) is 0 Å². The summed E-state index contributed by atoms with van der Waals surface area (Å²) < 4.78 is 0. The van der Waals surface area contributed by atoms with E-state index in [2.05, 4.69) is 0 Å². The van der Waals surface area contributed by atoms with Crippen LogP contribution < -0.4 is 0 Å². The molecule has 0 fully saturated rings. The van der Waals surface area contributed by atoms with E-state index in [0.717, 1.165) is 24.0 Å². The first-order chi connectivity index (χ1) is 15.2. The van der Waals surface area contributed by atoms with Crippen LogP contribution in [-0.4, -0.2) is 27.9 Å². The molecular weight excluding hydrogens is 404 g/mol. The Labute approximate surface area is 191 Å². The topological polar surface area (TPSA) is 91.7 Å². The van der Waals surface area contributed by atoms with E-state index in [1.54, 1.807) is 13.8 Å². The van der Waals surface area contributed by atoms with Crippen LogP contribution in [0.2, 0.25) is 0 Å². The fourth-order valence-electron chi connectivity index (χ4n) is 4.37. The average Bonchev–Trinajstić information content (AvgIpc) is 2.80. The second-order valence-electron chi connectivity index (χ2n) is 9.25. The van der Waals surface area contributed by atoms with Gasteiger partial charge in [0.15, 0.2) is 0 Å². The molecule has 1 aromatic carbocycles. The molecule has 2 rings (SSSR count). The summed E-state index contributed by atoms with van der Waals surface area (Å²) in [4.78, 5) is 36.0. The predicted octanol–water partition coefficient (Wildman–Crippen LogP) is 6.09. The van der Waals surface area contributed by atoms with Gasteiger partial charge in [-0.15, -0.1) is 0 Å².